The van der Waals surface area contributed by atoms with Gasteiger partial charge in [0.25, 0.3) is 0 Å². The largest absolute Gasteiger partial charge is 0.341 e. The van der Waals surface area contributed by atoms with Gasteiger partial charge >= 0.3 is 0 Å². The lowest BCUT2D eigenvalue weighted by Gasteiger charge is -2.13. The third kappa shape index (κ3) is 4.47. The van der Waals surface area contributed by atoms with E-state index in [2.05, 4.69) is 71.6 Å². The molecule has 2 aliphatic rings. The van der Waals surface area contributed by atoms with E-state index >= 15 is 0 Å². The number of nitrogens with zero attached hydrogens (tertiary/aromatic N) is 4. The van der Waals surface area contributed by atoms with Crippen LogP contribution in [0.15, 0.2) is 60.7 Å². The van der Waals surface area contributed by atoms with Gasteiger partial charge in [-0.15, -0.1) is 0 Å². The molecule has 0 amide bonds. The second-order valence-corrected chi connectivity index (χ2v) is 12.1. The maximum Gasteiger partial charge on any atom is 0.124 e. The topological polar surface area (TPSA) is 121 Å². The van der Waals surface area contributed by atoms with E-state index in [1.54, 1.807) is 0 Å². The molecule has 1 aliphatic carbocycles. The predicted molar refractivity (Wildman–Crippen MR) is 163 cm³/mol. The lowest BCUT2D eigenvalue weighted by atomic mass is 10.00. The van der Waals surface area contributed by atoms with Gasteiger partial charge in [-0.1, -0.05) is 32.4 Å². The Morgan fingerprint density at radius 2 is 1.41 bits per heavy atom. The highest BCUT2D eigenvalue weighted by Crippen LogP contribution is 2.45. The maximum absolute atomic E-state index is 6.44. The minimum absolute atomic E-state index is 0.0920. The second kappa shape index (κ2) is 9.46. The van der Waals surface area contributed by atoms with Crippen LogP contribution in [0.1, 0.15) is 63.3 Å². The Labute approximate surface area is 238 Å². The molecule has 0 spiro atoms. The number of fused-ring (bicyclic) bond motifs is 4. The molecule has 1 aliphatic heterocycles. The van der Waals surface area contributed by atoms with E-state index in [9.17, 15) is 0 Å². The van der Waals surface area contributed by atoms with Crippen molar-refractivity contribution in [2.45, 2.75) is 57.7 Å². The van der Waals surface area contributed by atoms with E-state index < -0.39 is 0 Å². The Bertz CT molecular complexity index is 1910. The highest BCUT2D eigenvalue weighted by atomic mass is 15.1. The summed E-state index contributed by atoms with van der Waals surface area (Å²) in [7, 11) is 0. The summed E-state index contributed by atoms with van der Waals surface area (Å²) in [6, 6.07) is 21.7. The van der Waals surface area contributed by atoms with Gasteiger partial charge in [-0.25, -0.2) is 19.9 Å². The Morgan fingerprint density at radius 1 is 0.780 bits per heavy atom. The number of nitrogens with two attached hydrogens (primary N) is 1. The van der Waals surface area contributed by atoms with Gasteiger partial charge in [0.2, 0.25) is 0 Å². The highest BCUT2D eigenvalue weighted by molar-refractivity contribution is 5.86. The van der Waals surface area contributed by atoms with Crippen molar-refractivity contribution < 1.29 is 0 Å². The number of H-pyrrole nitrogens is 2. The van der Waals surface area contributed by atoms with E-state index in [4.69, 9.17) is 25.7 Å². The zero-order valence-corrected chi connectivity index (χ0v) is 23.4. The first-order valence-corrected chi connectivity index (χ1v) is 14.8. The fourth-order valence-corrected chi connectivity index (χ4v) is 6.29. The molecule has 2 unspecified atom stereocenters. The minimum atomic E-state index is -0.0920. The zero-order chi connectivity index (χ0) is 27.7. The van der Waals surface area contributed by atoms with Gasteiger partial charge in [0, 0.05) is 17.2 Å². The van der Waals surface area contributed by atoms with Crippen LogP contribution < -0.4 is 11.1 Å². The maximum atomic E-state index is 6.44. The summed E-state index contributed by atoms with van der Waals surface area (Å²) in [5.41, 5.74) is 16.0. The van der Waals surface area contributed by atoms with Crippen LogP contribution in [0.3, 0.4) is 0 Å². The fraction of sp³-hybridized carbons (Fsp3) is 0.333. The van der Waals surface area contributed by atoms with Gasteiger partial charge in [0.05, 0.1) is 56.6 Å². The first-order valence-electron chi connectivity index (χ1n) is 14.8. The summed E-state index contributed by atoms with van der Waals surface area (Å²) in [4.78, 5) is 26.5. The van der Waals surface area contributed by atoms with Gasteiger partial charge in [0.15, 0.2) is 0 Å². The van der Waals surface area contributed by atoms with Crippen LogP contribution in [0.25, 0.3) is 55.6 Å². The van der Waals surface area contributed by atoms with Crippen molar-refractivity contribution in [3.05, 3.63) is 72.3 Å². The van der Waals surface area contributed by atoms with Crippen LogP contribution in [0.5, 0.6) is 0 Å². The number of piperidine rings is 1. The molecule has 1 saturated carbocycles. The Morgan fingerprint density at radius 3 is 2.05 bits per heavy atom. The monoisotopic (exact) mass is 542 g/mol. The third-order valence-electron chi connectivity index (χ3n) is 9.05. The summed E-state index contributed by atoms with van der Waals surface area (Å²) in [5, 5.41) is 3.69. The first kappa shape index (κ1) is 24.6. The summed E-state index contributed by atoms with van der Waals surface area (Å²) in [5.74, 6) is 3.29. The van der Waals surface area contributed by atoms with Gasteiger partial charge in [-0.05, 0) is 79.6 Å². The number of rotatable bonds is 7. The average Bonchev–Trinajstić information content (AvgIpc) is 3.35. The van der Waals surface area contributed by atoms with Crippen LogP contribution in [0.4, 0.5) is 0 Å². The number of aromatic amines is 2. The van der Waals surface area contributed by atoms with Gasteiger partial charge in [-0.2, -0.15) is 0 Å². The van der Waals surface area contributed by atoms with Crippen LogP contribution in [0.2, 0.25) is 0 Å². The molecular weight excluding hydrogens is 508 g/mol. The van der Waals surface area contributed by atoms with Crippen molar-refractivity contribution in [1.29, 1.82) is 0 Å². The normalized spacial score (nSPS) is 21.5. The molecule has 2 aromatic carbocycles. The summed E-state index contributed by atoms with van der Waals surface area (Å²) >= 11 is 0. The van der Waals surface area contributed by atoms with Crippen LogP contribution in [0, 0.1) is 11.8 Å². The SMILES string of the molecule is CC[C@H](C)C[C@H](N)c1nc2ccc(-c3ccc4nc(-c5ccc6nc([C@@H]7CC8CC8N7)[nH]c6c5)ccc4n3)cc2[nH]1. The predicted octanol–water partition coefficient (Wildman–Crippen LogP) is 6.58. The molecule has 0 radical (unpaired) electrons. The van der Waals surface area contributed by atoms with Crippen molar-refractivity contribution in [2.75, 3.05) is 0 Å². The second-order valence-electron chi connectivity index (χ2n) is 12.1. The number of nitrogens with one attached hydrogen (secondary N) is 3. The number of pyridine rings is 2. The van der Waals surface area contributed by atoms with Crippen molar-refractivity contribution in [3.8, 4) is 22.5 Å². The van der Waals surface area contributed by atoms with Gasteiger partial charge < -0.3 is 21.0 Å². The van der Waals surface area contributed by atoms with Crippen molar-refractivity contribution in [1.82, 2.24) is 35.2 Å². The van der Waals surface area contributed by atoms with E-state index in [1.165, 1.54) is 12.8 Å². The molecule has 4 aromatic heterocycles. The zero-order valence-electron chi connectivity index (χ0n) is 23.4. The van der Waals surface area contributed by atoms with E-state index in [0.29, 0.717) is 18.0 Å². The molecule has 206 valence electrons. The Balaban J connectivity index is 1.05. The van der Waals surface area contributed by atoms with Gasteiger partial charge in [0.1, 0.15) is 11.6 Å². The molecule has 0 bridgehead atoms. The Kier molecular flexibility index (Phi) is 5.69. The van der Waals surface area contributed by atoms with Crippen LogP contribution in [-0.4, -0.2) is 35.9 Å². The molecule has 5 atom stereocenters. The summed E-state index contributed by atoms with van der Waals surface area (Å²) < 4.78 is 0. The number of hydrogen-bond acceptors (Lipinski definition) is 6. The molecule has 41 heavy (non-hydrogen) atoms. The standard InChI is InChI=1S/C33H34N8/c1-3-17(2)12-21(34)32-38-26-6-4-18(13-29(26)40-32)22-8-10-25-24(35-22)11-9-23(36-25)19-5-7-27-30(14-19)41-33(39-27)31-16-20-15-28(20)37-31/h4-11,13-14,17,20-21,28,31,37H,3,12,15-16,34H2,1-2H3,(H,38,40)(H,39,41)/t17-,20?,21-,28?,31-/m0/s1. The average molecular weight is 543 g/mol. The van der Waals surface area contributed by atoms with Crippen LogP contribution >= 0.6 is 0 Å². The van der Waals surface area contributed by atoms with E-state index in [-0.39, 0.29) is 6.04 Å². The molecule has 8 nitrogen and oxygen atoms in total. The third-order valence-corrected chi connectivity index (χ3v) is 9.05. The lowest BCUT2D eigenvalue weighted by molar-refractivity contribution is 0.452. The molecule has 2 fully saturated rings. The molecule has 8 heteroatoms. The summed E-state index contributed by atoms with van der Waals surface area (Å²) in [6.45, 7) is 4.42. The minimum Gasteiger partial charge on any atom is -0.341 e. The molecule has 8 rings (SSSR count). The molecule has 5 heterocycles. The number of aromatic nitrogens is 6. The molecule has 5 N–H and O–H groups in total. The molecule has 1 saturated heterocycles. The molecular formula is C33H34N8. The Hall–Kier alpha value is -4.14. The smallest absolute Gasteiger partial charge is 0.124 e. The number of hydrogen-bond donors (Lipinski definition) is 4. The van der Waals surface area contributed by atoms with Gasteiger partial charge in [-0.3, -0.25) is 0 Å². The quantitative estimate of drug-likeness (QED) is 0.181. The number of benzene rings is 2. The van der Waals surface area contributed by atoms with Crippen molar-refractivity contribution in [2.24, 2.45) is 17.6 Å². The van der Waals surface area contributed by atoms with Crippen molar-refractivity contribution in [3.63, 3.8) is 0 Å². The highest BCUT2D eigenvalue weighted by Gasteiger charge is 2.46. The van der Waals surface area contributed by atoms with Crippen molar-refractivity contribution >= 4 is 33.1 Å². The molecule has 6 aromatic rings. The van der Waals surface area contributed by atoms with Crippen LogP contribution in [-0.2, 0) is 0 Å². The fourth-order valence-electron chi connectivity index (χ4n) is 6.29. The number of imidazole rings is 2. The van der Waals surface area contributed by atoms with E-state index in [0.717, 1.165) is 86.0 Å². The van der Waals surface area contributed by atoms with E-state index in [1.807, 2.05) is 18.2 Å². The summed E-state index contributed by atoms with van der Waals surface area (Å²) in [6.07, 6.45) is 4.53. The lowest BCUT2D eigenvalue weighted by Crippen LogP contribution is -2.18. The first-order chi connectivity index (χ1) is 20.0.